The highest BCUT2D eigenvalue weighted by molar-refractivity contribution is 7.87. The van der Waals surface area contributed by atoms with Gasteiger partial charge in [0.1, 0.15) is 4.90 Å². The van der Waals surface area contributed by atoms with Crippen LogP contribution in [0.15, 0.2) is 70.7 Å². The van der Waals surface area contributed by atoms with Gasteiger partial charge in [-0.25, -0.2) is 5.43 Å². The highest BCUT2D eigenvalue weighted by Gasteiger charge is 2.21. The van der Waals surface area contributed by atoms with Crippen LogP contribution < -0.4 is 20.1 Å². The summed E-state index contributed by atoms with van der Waals surface area (Å²) in [5, 5.41) is 3.92. The van der Waals surface area contributed by atoms with Gasteiger partial charge < -0.3 is 14.7 Å². The third kappa shape index (κ3) is 5.44. The number of aryl methyl sites for hydroxylation is 2. The third-order valence-corrected chi connectivity index (χ3v) is 5.93. The molecule has 0 bridgehead atoms. The van der Waals surface area contributed by atoms with Gasteiger partial charge >= 0.3 is 10.1 Å². The normalized spacial score (nSPS) is 11.3. The van der Waals surface area contributed by atoms with Crippen molar-refractivity contribution < 1.29 is 22.1 Å². The van der Waals surface area contributed by atoms with Crippen molar-refractivity contribution in [3.8, 4) is 11.5 Å². The number of rotatable bonds is 7. The van der Waals surface area contributed by atoms with Gasteiger partial charge in [-0.05, 0) is 79.1 Å². The molecule has 8 nitrogen and oxygen atoms in total. The molecule has 0 aromatic heterocycles. The monoisotopic (exact) mass is 453 g/mol. The zero-order chi connectivity index (χ0) is 23.3. The van der Waals surface area contributed by atoms with Crippen molar-refractivity contribution in [3.63, 3.8) is 0 Å². The fourth-order valence-electron chi connectivity index (χ4n) is 2.84. The Morgan fingerprint density at radius 1 is 1.00 bits per heavy atom. The van der Waals surface area contributed by atoms with E-state index in [9.17, 15) is 13.2 Å². The van der Waals surface area contributed by atoms with Crippen LogP contribution in [0.2, 0.25) is 0 Å². The summed E-state index contributed by atoms with van der Waals surface area (Å²) in [4.78, 5) is 12.2. The van der Waals surface area contributed by atoms with Crippen molar-refractivity contribution in [2.75, 3.05) is 12.8 Å². The van der Waals surface area contributed by atoms with Crippen LogP contribution in [0.25, 0.3) is 0 Å². The van der Waals surface area contributed by atoms with E-state index in [4.69, 9.17) is 14.7 Å². The molecule has 0 heterocycles. The number of hydrogen-bond acceptors (Lipinski definition) is 7. The quantitative estimate of drug-likeness (QED) is 0.245. The van der Waals surface area contributed by atoms with Crippen LogP contribution in [-0.2, 0) is 10.1 Å². The fourth-order valence-corrected chi connectivity index (χ4v) is 4.09. The Morgan fingerprint density at radius 2 is 1.72 bits per heavy atom. The molecule has 0 radical (unpaired) electrons. The van der Waals surface area contributed by atoms with E-state index in [1.54, 1.807) is 62.4 Å². The van der Waals surface area contributed by atoms with Crippen molar-refractivity contribution in [3.05, 3.63) is 82.9 Å². The van der Waals surface area contributed by atoms with Crippen LogP contribution in [0.4, 0.5) is 5.69 Å². The van der Waals surface area contributed by atoms with Gasteiger partial charge in [-0.3, -0.25) is 4.79 Å². The molecule has 9 heteroatoms. The molecular weight excluding hydrogens is 430 g/mol. The minimum absolute atomic E-state index is 0.0384. The number of nitrogens with one attached hydrogen (secondary N) is 1. The molecule has 0 saturated heterocycles. The molecule has 3 rings (SSSR count). The molecule has 3 aromatic carbocycles. The molecule has 0 saturated carbocycles. The number of ether oxygens (including phenoxy) is 1. The predicted molar refractivity (Wildman–Crippen MR) is 123 cm³/mol. The van der Waals surface area contributed by atoms with Gasteiger partial charge in [0.2, 0.25) is 0 Å². The van der Waals surface area contributed by atoms with Gasteiger partial charge in [-0.1, -0.05) is 12.1 Å². The molecule has 3 N–H and O–H groups in total. The Hall–Kier alpha value is -3.85. The SMILES string of the molecule is COc1cc(C=NNC(=O)c2ccc(N)cc2)ccc1OS(=O)(=O)c1cc(C)ccc1C. The molecular formula is C23H23N3O5S. The summed E-state index contributed by atoms with van der Waals surface area (Å²) in [6.07, 6.45) is 1.40. The summed E-state index contributed by atoms with van der Waals surface area (Å²) in [5.41, 5.74) is 10.9. The molecule has 0 unspecified atom stereocenters. The minimum atomic E-state index is -4.05. The number of carbonyl (C=O) groups is 1. The number of anilines is 1. The first-order chi connectivity index (χ1) is 15.2. The first-order valence-corrected chi connectivity index (χ1v) is 11.0. The fraction of sp³-hybridized carbons (Fsp3) is 0.130. The van der Waals surface area contributed by atoms with Crippen LogP contribution in [0.5, 0.6) is 11.5 Å². The predicted octanol–water partition coefficient (Wildman–Crippen LogP) is 3.43. The van der Waals surface area contributed by atoms with E-state index in [1.165, 1.54) is 19.4 Å². The van der Waals surface area contributed by atoms with E-state index in [-0.39, 0.29) is 16.4 Å². The molecule has 0 aliphatic rings. The van der Waals surface area contributed by atoms with E-state index in [2.05, 4.69) is 10.5 Å². The maximum Gasteiger partial charge on any atom is 0.339 e. The molecule has 1 amide bonds. The van der Waals surface area contributed by atoms with Crippen molar-refractivity contribution >= 4 is 27.9 Å². The van der Waals surface area contributed by atoms with Gasteiger partial charge in [0.25, 0.3) is 5.91 Å². The first kappa shape index (κ1) is 22.8. The van der Waals surface area contributed by atoms with Gasteiger partial charge in [-0.15, -0.1) is 0 Å². The molecule has 32 heavy (non-hydrogen) atoms. The minimum Gasteiger partial charge on any atom is -0.493 e. The summed E-state index contributed by atoms with van der Waals surface area (Å²) < 4.78 is 36.2. The van der Waals surface area contributed by atoms with Gasteiger partial charge in [0.15, 0.2) is 11.5 Å². The molecule has 0 spiro atoms. The lowest BCUT2D eigenvalue weighted by Gasteiger charge is -2.13. The summed E-state index contributed by atoms with van der Waals surface area (Å²) in [6.45, 7) is 3.50. The van der Waals surface area contributed by atoms with Crippen LogP contribution >= 0.6 is 0 Å². The van der Waals surface area contributed by atoms with E-state index in [0.29, 0.717) is 22.4 Å². The average Bonchev–Trinajstić information content (AvgIpc) is 2.76. The number of nitrogens with two attached hydrogens (primary N) is 1. The standard InChI is InChI=1S/C23H23N3O5S/c1-15-4-5-16(2)22(12-15)32(28,29)31-20-11-6-17(13-21(20)30-3)14-25-26-23(27)18-7-9-19(24)10-8-18/h4-14H,24H2,1-3H3,(H,26,27). The van der Waals surface area contributed by atoms with E-state index in [1.807, 2.05) is 6.07 Å². The van der Waals surface area contributed by atoms with Crippen LogP contribution in [-0.4, -0.2) is 27.6 Å². The Labute approximate surface area is 186 Å². The number of carbonyl (C=O) groups excluding carboxylic acids is 1. The van der Waals surface area contributed by atoms with E-state index >= 15 is 0 Å². The number of hydrogen-bond donors (Lipinski definition) is 2. The average molecular weight is 454 g/mol. The van der Waals surface area contributed by atoms with Crippen molar-refractivity contribution in [2.45, 2.75) is 18.7 Å². The van der Waals surface area contributed by atoms with Crippen LogP contribution in [0.1, 0.15) is 27.0 Å². The van der Waals surface area contributed by atoms with E-state index < -0.39 is 16.0 Å². The molecule has 0 aliphatic heterocycles. The lowest BCUT2D eigenvalue weighted by Crippen LogP contribution is -2.17. The number of methoxy groups -OCH3 is 1. The number of nitrogens with zero attached hydrogens (tertiary/aromatic N) is 1. The second kappa shape index (κ2) is 9.52. The summed E-state index contributed by atoms with van der Waals surface area (Å²) >= 11 is 0. The second-order valence-corrected chi connectivity index (χ2v) is 8.55. The zero-order valence-corrected chi connectivity index (χ0v) is 18.6. The molecule has 3 aromatic rings. The first-order valence-electron chi connectivity index (χ1n) is 9.58. The topological polar surface area (TPSA) is 120 Å². The number of hydrazone groups is 1. The van der Waals surface area contributed by atoms with Crippen LogP contribution in [0.3, 0.4) is 0 Å². The number of amides is 1. The van der Waals surface area contributed by atoms with Gasteiger partial charge in [-0.2, -0.15) is 13.5 Å². The smallest absolute Gasteiger partial charge is 0.339 e. The van der Waals surface area contributed by atoms with Crippen molar-refractivity contribution in [1.82, 2.24) is 5.43 Å². The second-order valence-electron chi connectivity index (χ2n) is 7.04. The highest BCUT2D eigenvalue weighted by atomic mass is 32.2. The third-order valence-electron chi connectivity index (χ3n) is 4.55. The van der Waals surface area contributed by atoms with Gasteiger partial charge in [0, 0.05) is 11.3 Å². The Balaban J connectivity index is 1.75. The van der Waals surface area contributed by atoms with Crippen molar-refractivity contribution in [1.29, 1.82) is 0 Å². The zero-order valence-electron chi connectivity index (χ0n) is 17.8. The van der Waals surface area contributed by atoms with Crippen LogP contribution in [0, 0.1) is 13.8 Å². The largest absolute Gasteiger partial charge is 0.493 e. The Kier molecular flexibility index (Phi) is 6.79. The highest BCUT2D eigenvalue weighted by Crippen LogP contribution is 2.31. The number of benzene rings is 3. The summed E-state index contributed by atoms with van der Waals surface area (Å²) in [5.74, 6) is -0.156. The number of nitrogen functional groups attached to an aromatic ring is 1. The van der Waals surface area contributed by atoms with E-state index in [0.717, 1.165) is 5.56 Å². The molecule has 0 atom stereocenters. The van der Waals surface area contributed by atoms with Gasteiger partial charge in [0.05, 0.1) is 13.3 Å². The van der Waals surface area contributed by atoms with Crippen molar-refractivity contribution in [2.24, 2.45) is 5.10 Å². The summed E-state index contributed by atoms with van der Waals surface area (Å²) in [7, 11) is -2.65. The molecule has 166 valence electrons. The maximum absolute atomic E-state index is 12.8. The lowest BCUT2D eigenvalue weighted by atomic mass is 10.2. The Morgan fingerprint density at radius 3 is 2.41 bits per heavy atom. The molecule has 0 fully saturated rings. The molecule has 0 aliphatic carbocycles. The maximum atomic E-state index is 12.8. The summed E-state index contributed by atoms with van der Waals surface area (Å²) in [6, 6.07) is 16.1. The Bertz CT molecular complexity index is 1270. The lowest BCUT2D eigenvalue weighted by molar-refractivity contribution is 0.0955.